The van der Waals surface area contributed by atoms with Crippen LogP contribution in [0.2, 0.25) is 0 Å². The van der Waals surface area contributed by atoms with Crippen molar-refractivity contribution in [3.05, 3.63) is 29.8 Å². The molecule has 1 amide bonds. The minimum Gasteiger partial charge on any atom is -0.387 e. The fourth-order valence-electron chi connectivity index (χ4n) is 3.59. The highest BCUT2D eigenvalue weighted by molar-refractivity contribution is 5.96. The van der Waals surface area contributed by atoms with Crippen molar-refractivity contribution in [1.29, 1.82) is 0 Å². The van der Waals surface area contributed by atoms with Crippen molar-refractivity contribution in [2.45, 2.75) is 38.2 Å². The fraction of sp³-hybridized carbons (Fsp3) is 0.588. The third kappa shape index (κ3) is 2.97. The second kappa shape index (κ2) is 5.78. The van der Waals surface area contributed by atoms with Crippen LogP contribution in [0.1, 0.15) is 31.7 Å². The Labute approximate surface area is 126 Å². The van der Waals surface area contributed by atoms with Gasteiger partial charge in [-0.2, -0.15) is 0 Å². The Morgan fingerprint density at radius 2 is 2.10 bits per heavy atom. The van der Waals surface area contributed by atoms with E-state index in [-0.39, 0.29) is 5.91 Å². The number of anilines is 1. The topological polar surface area (TPSA) is 43.8 Å². The Morgan fingerprint density at radius 3 is 2.86 bits per heavy atom. The molecule has 0 radical (unpaired) electrons. The van der Waals surface area contributed by atoms with Crippen molar-refractivity contribution < 1.29 is 9.90 Å². The van der Waals surface area contributed by atoms with E-state index >= 15 is 0 Å². The number of nitrogens with zero attached hydrogens (tertiary/aromatic N) is 2. The Kier molecular flexibility index (Phi) is 4.00. The molecule has 114 valence electrons. The SMILES string of the molecule is CCCC1(O)CN(CC(=O)N2CCCc3ccccc32)C1. The summed E-state index contributed by atoms with van der Waals surface area (Å²) in [5.41, 5.74) is 1.77. The van der Waals surface area contributed by atoms with Gasteiger partial charge in [0.2, 0.25) is 5.91 Å². The zero-order valence-corrected chi connectivity index (χ0v) is 12.7. The summed E-state index contributed by atoms with van der Waals surface area (Å²) in [4.78, 5) is 16.5. The van der Waals surface area contributed by atoms with E-state index in [0.29, 0.717) is 19.6 Å². The van der Waals surface area contributed by atoms with Crippen molar-refractivity contribution in [3.8, 4) is 0 Å². The van der Waals surface area contributed by atoms with Crippen LogP contribution in [-0.4, -0.2) is 47.7 Å². The smallest absolute Gasteiger partial charge is 0.241 e. The van der Waals surface area contributed by atoms with Crippen molar-refractivity contribution in [3.63, 3.8) is 0 Å². The summed E-state index contributed by atoms with van der Waals surface area (Å²) in [5, 5.41) is 10.2. The average molecular weight is 288 g/mol. The molecule has 4 nitrogen and oxygen atoms in total. The first kappa shape index (κ1) is 14.5. The maximum Gasteiger partial charge on any atom is 0.241 e. The molecule has 2 heterocycles. The minimum atomic E-state index is -0.561. The lowest BCUT2D eigenvalue weighted by molar-refractivity contribution is -0.131. The standard InChI is InChI=1S/C17H24N2O2/c1-2-9-17(21)12-18(13-17)11-16(20)19-10-5-7-14-6-3-4-8-15(14)19/h3-4,6,8,21H,2,5,7,9-13H2,1H3. The number of rotatable bonds is 4. The number of amides is 1. The zero-order valence-electron chi connectivity index (χ0n) is 12.7. The third-order valence-electron chi connectivity index (χ3n) is 4.52. The molecule has 21 heavy (non-hydrogen) atoms. The second-order valence-corrected chi connectivity index (χ2v) is 6.40. The summed E-state index contributed by atoms with van der Waals surface area (Å²) >= 11 is 0. The molecule has 3 rings (SSSR count). The number of fused-ring (bicyclic) bond motifs is 1. The number of likely N-dealkylation sites (tertiary alicyclic amines) is 1. The molecular formula is C17H24N2O2. The van der Waals surface area contributed by atoms with Crippen LogP contribution in [0.25, 0.3) is 0 Å². The molecule has 0 spiro atoms. The number of carbonyl (C=O) groups excluding carboxylic acids is 1. The van der Waals surface area contributed by atoms with Crippen LogP contribution < -0.4 is 4.90 Å². The van der Waals surface area contributed by atoms with Gasteiger partial charge in [-0.3, -0.25) is 9.69 Å². The lowest BCUT2D eigenvalue weighted by atomic mass is 9.89. The van der Waals surface area contributed by atoms with Crippen molar-refractivity contribution in [2.75, 3.05) is 31.1 Å². The molecule has 0 saturated carbocycles. The van der Waals surface area contributed by atoms with Gasteiger partial charge in [-0.05, 0) is 30.9 Å². The molecule has 0 unspecified atom stereocenters. The molecule has 0 bridgehead atoms. The van der Waals surface area contributed by atoms with E-state index in [1.807, 2.05) is 23.1 Å². The molecule has 1 aromatic rings. The van der Waals surface area contributed by atoms with Gasteiger partial charge in [0.25, 0.3) is 0 Å². The molecular weight excluding hydrogens is 264 g/mol. The summed E-state index contributed by atoms with van der Waals surface area (Å²) in [5.74, 6) is 0.153. The molecule has 0 aliphatic carbocycles. The highest BCUT2D eigenvalue weighted by atomic mass is 16.3. The Bertz CT molecular complexity index is 523. The molecule has 0 aromatic heterocycles. The van der Waals surface area contributed by atoms with Crippen LogP contribution >= 0.6 is 0 Å². The van der Waals surface area contributed by atoms with Gasteiger partial charge in [0.05, 0.1) is 12.1 Å². The number of para-hydroxylation sites is 1. The van der Waals surface area contributed by atoms with E-state index in [9.17, 15) is 9.90 Å². The minimum absolute atomic E-state index is 0.153. The number of benzene rings is 1. The third-order valence-corrected chi connectivity index (χ3v) is 4.52. The van der Waals surface area contributed by atoms with E-state index < -0.39 is 5.60 Å². The number of carbonyl (C=O) groups is 1. The van der Waals surface area contributed by atoms with Gasteiger partial charge in [0, 0.05) is 25.3 Å². The summed E-state index contributed by atoms with van der Waals surface area (Å²) < 4.78 is 0. The van der Waals surface area contributed by atoms with Gasteiger partial charge in [-0.15, -0.1) is 0 Å². The molecule has 2 aliphatic heterocycles. The largest absolute Gasteiger partial charge is 0.387 e. The highest BCUT2D eigenvalue weighted by Gasteiger charge is 2.41. The zero-order chi connectivity index (χ0) is 14.9. The first-order chi connectivity index (χ1) is 10.1. The Balaban J connectivity index is 1.61. The molecule has 1 saturated heterocycles. The van der Waals surface area contributed by atoms with E-state index in [1.54, 1.807) is 0 Å². The quantitative estimate of drug-likeness (QED) is 0.919. The number of β-amino-alcohol motifs (C(OH)–C–C–N with tert-alkyl or cyclic N) is 1. The predicted molar refractivity (Wildman–Crippen MR) is 83.4 cm³/mol. The van der Waals surface area contributed by atoms with Crippen molar-refractivity contribution in [1.82, 2.24) is 4.90 Å². The van der Waals surface area contributed by atoms with E-state index in [2.05, 4.69) is 17.9 Å². The van der Waals surface area contributed by atoms with Gasteiger partial charge in [0.15, 0.2) is 0 Å². The Morgan fingerprint density at radius 1 is 1.33 bits per heavy atom. The number of aliphatic hydroxyl groups is 1. The van der Waals surface area contributed by atoms with Crippen molar-refractivity contribution >= 4 is 11.6 Å². The molecule has 2 aliphatic rings. The van der Waals surface area contributed by atoms with E-state index in [1.165, 1.54) is 5.56 Å². The second-order valence-electron chi connectivity index (χ2n) is 6.40. The summed E-state index contributed by atoms with van der Waals surface area (Å²) in [6.45, 7) is 4.56. The number of aryl methyl sites for hydroxylation is 1. The predicted octanol–water partition coefficient (Wildman–Crippen LogP) is 1.81. The summed E-state index contributed by atoms with van der Waals surface area (Å²) in [6.07, 6.45) is 3.89. The Hall–Kier alpha value is -1.39. The van der Waals surface area contributed by atoms with E-state index in [0.717, 1.165) is 37.9 Å². The first-order valence-electron chi connectivity index (χ1n) is 7.94. The molecule has 1 aromatic carbocycles. The normalized spacial score (nSPS) is 20.8. The van der Waals surface area contributed by atoms with Crippen LogP contribution in [0.4, 0.5) is 5.69 Å². The van der Waals surface area contributed by atoms with Gasteiger partial charge in [-0.1, -0.05) is 31.5 Å². The van der Waals surface area contributed by atoms with Gasteiger partial charge < -0.3 is 10.0 Å². The number of hydrogen-bond donors (Lipinski definition) is 1. The van der Waals surface area contributed by atoms with Crippen LogP contribution in [0.15, 0.2) is 24.3 Å². The monoisotopic (exact) mass is 288 g/mol. The van der Waals surface area contributed by atoms with Crippen molar-refractivity contribution in [2.24, 2.45) is 0 Å². The van der Waals surface area contributed by atoms with Gasteiger partial charge in [0.1, 0.15) is 0 Å². The fourth-order valence-corrected chi connectivity index (χ4v) is 3.59. The lowest BCUT2D eigenvalue weighted by Crippen LogP contribution is -2.63. The average Bonchev–Trinajstić information content (AvgIpc) is 2.45. The molecule has 1 fully saturated rings. The van der Waals surface area contributed by atoms with Crippen LogP contribution in [0.3, 0.4) is 0 Å². The first-order valence-corrected chi connectivity index (χ1v) is 7.94. The molecule has 1 N–H and O–H groups in total. The summed E-state index contributed by atoms with van der Waals surface area (Å²) in [6, 6.07) is 8.18. The van der Waals surface area contributed by atoms with Gasteiger partial charge in [-0.25, -0.2) is 0 Å². The number of hydrogen-bond acceptors (Lipinski definition) is 3. The lowest BCUT2D eigenvalue weighted by Gasteiger charge is -2.47. The summed E-state index contributed by atoms with van der Waals surface area (Å²) in [7, 11) is 0. The maximum absolute atomic E-state index is 12.5. The van der Waals surface area contributed by atoms with Crippen LogP contribution in [0.5, 0.6) is 0 Å². The molecule has 0 atom stereocenters. The maximum atomic E-state index is 12.5. The van der Waals surface area contributed by atoms with Gasteiger partial charge >= 0.3 is 0 Å². The van der Waals surface area contributed by atoms with Crippen LogP contribution in [-0.2, 0) is 11.2 Å². The van der Waals surface area contributed by atoms with E-state index in [4.69, 9.17) is 0 Å². The van der Waals surface area contributed by atoms with Crippen LogP contribution in [0, 0.1) is 0 Å². The molecule has 4 heteroatoms. The highest BCUT2D eigenvalue weighted by Crippen LogP contribution is 2.29.